The summed E-state index contributed by atoms with van der Waals surface area (Å²) in [5, 5.41) is 0. The maximum atomic E-state index is 3.69. The fourth-order valence-electron chi connectivity index (χ4n) is 5.97. The van der Waals surface area contributed by atoms with E-state index < -0.39 is 0 Å². The molecule has 0 aromatic heterocycles. The van der Waals surface area contributed by atoms with Crippen LogP contribution in [-0.2, 0) is 41.1 Å². The zero-order valence-electron chi connectivity index (χ0n) is 29.3. The number of fused-ring (bicyclic) bond motifs is 3. The van der Waals surface area contributed by atoms with Crippen molar-refractivity contribution in [2.75, 3.05) is 0 Å². The molecule has 0 saturated heterocycles. The summed E-state index contributed by atoms with van der Waals surface area (Å²) in [6.45, 7) is 22.5. The second-order valence-electron chi connectivity index (χ2n) is 14.3. The number of hydrogen-bond acceptors (Lipinski definition) is 0. The van der Waals surface area contributed by atoms with Gasteiger partial charge in [-0.3, -0.25) is 6.08 Å². The van der Waals surface area contributed by atoms with Gasteiger partial charge in [0, 0.05) is 0 Å². The minimum absolute atomic E-state index is 0. The predicted molar refractivity (Wildman–Crippen MR) is 202 cm³/mol. The van der Waals surface area contributed by atoms with Crippen LogP contribution in [0.3, 0.4) is 0 Å². The molecular weight excluding hydrogens is 766 g/mol. The smallest absolute Gasteiger partial charge is 0.109 e. The van der Waals surface area contributed by atoms with Crippen molar-refractivity contribution < 1.29 is 23.9 Å². The molecule has 0 bridgehead atoms. The van der Waals surface area contributed by atoms with E-state index in [9.17, 15) is 0 Å². The van der Waals surface area contributed by atoms with E-state index in [4.69, 9.17) is 0 Å². The zero-order chi connectivity index (χ0) is 32.2. The van der Waals surface area contributed by atoms with Gasteiger partial charge in [0.2, 0.25) is 0 Å². The first-order valence-electron chi connectivity index (χ1n) is 15.8. The van der Waals surface area contributed by atoms with Crippen LogP contribution < -0.4 is 0 Å². The van der Waals surface area contributed by atoms with Crippen LogP contribution in [0.4, 0.5) is 0 Å². The topological polar surface area (TPSA) is 0 Å². The molecule has 0 fully saturated rings. The second-order valence-corrected chi connectivity index (χ2v) is 16.1. The molecule has 0 heterocycles. The molecule has 2 aliphatic carbocycles. The molecule has 240 valence electrons. The average molecular weight is 816 g/mol. The molecule has 0 radical (unpaired) electrons. The Morgan fingerprint density at radius 3 is 1.59 bits per heavy atom. The van der Waals surface area contributed by atoms with Crippen LogP contribution in [0.1, 0.15) is 104 Å². The van der Waals surface area contributed by atoms with Crippen LogP contribution in [0.15, 0.2) is 85.0 Å². The third-order valence-corrected chi connectivity index (χ3v) is 10.4. The van der Waals surface area contributed by atoms with Crippen LogP contribution in [0.5, 0.6) is 0 Å². The fraction of sp³-hybridized carbons (Fsp3) is 0.326. The fourth-order valence-corrected chi connectivity index (χ4v) is 7.17. The van der Waals surface area contributed by atoms with Crippen molar-refractivity contribution in [2.24, 2.45) is 0 Å². The molecule has 46 heavy (non-hydrogen) atoms. The van der Waals surface area contributed by atoms with Gasteiger partial charge >= 0.3 is 112 Å². The van der Waals surface area contributed by atoms with Crippen LogP contribution in [0.25, 0.3) is 11.1 Å². The number of halogens is 2. The van der Waals surface area contributed by atoms with Crippen LogP contribution in [0.2, 0.25) is 0 Å². The molecule has 0 nitrogen and oxygen atoms in total. The minimum atomic E-state index is 0. The summed E-state index contributed by atoms with van der Waals surface area (Å²) in [5.74, 6) is 0. The molecule has 0 atom stereocenters. The number of aryl methyl sites for hydroxylation is 4. The Labute approximate surface area is 306 Å². The molecule has 3 heteroatoms. The molecule has 0 amide bonds. The van der Waals surface area contributed by atoms with E-state index in [1.807, 2.05) is 12.2 Å². The van der Waals surface area contributed by atoms with Gasteiger partial charge in [0.05, 0.1) is 0 Å². The van der Waals surface area contributed by atoms with E-state index in [2.05, 4.69) is 154 Å². The van der Waals surface area contributed by atoms with Gasteiger partial charge in [-0.1, -0.05) is 71.6 Å². The summed E-state index contributed by atoms with van der Waals surface area (Å²) in [6, 6.07) is 28.6. The number of rotatable bonds is 2. The van der Waals surface area contributed by atoms with E-state index in [-0.39, 0.29) is 35.6 Å². The second kappa shape index (κ2) is 16.7. The van der Waals surface area contributed by atoms with E-state index in [0.29, 0.717) is 0 Å². The molecule has 4 aromatic carbocycles. The monoisotopic (exact) mass is 816 g/mol. The van der Waals surface area contributed by atoms with Crippen molar-refractivity contribution in [3.63, 3.8) is 0 Å². The van der Waals surface area contributed by atoms with Crippen molar-refractivity contribution in [3.05, 3.63) is 153 Å². The Morgan fingerprint density at radius 2 is 1.17 bits per heavy atom. The summed E-state index contributed by atoms with van der Waals surface area (Å²) in [7, 11) is 0. The summed E-state index contributed by atoms with van der Waals surface area (Å²) in [5.41, 5.74) is 17.0. The molecular formula is C43H50Cl2Hf. The Bertz CT molecular complexity index is 1570. The van der Waals surface area contributed by atoms with Crippen LogP contribution in [-0.4, -0.2) is 3.26 Å². The van der Waals surface area contributed by atoms with E-state index in [0.717, 1.165) is 36.7 Å². The van der Waals surface area contributed by atoms with Gasteiger partial charge in [-0.05, 0) is 35.4 Å². The molecule has 2 aliphatic rings. The van der Waals surface area contributed by atoms with E-state index in [1.54, 1.807) is 0 Å². The van der Waals surface area contributed by atoms with Crippen molar-refractivity contribution in [1.29, 1.82) is 0 Å². The Kier molecular flexibility index (Phi) is 14.4. The van der Waals surface area contributed by atoms with Gasteiger partial charge in [-0.15, -0.1) is 47.9 Å². The van der Waals surface area contributed by atoms with Gasteiger partial charge in [0.15, 0.2) is 0 Å². The van der Waals surface area contributed by atoms with Crippen molar-refractivity contribution in [3.8, 4) is 11.1 Å². The third-order valence-electron chi connectivity index (χ3n) is 8.35. The Balaban J connectivity index is 0.000000278. The maximum Gasteiger partial charge on any atom is -0.109 e. The van der Waals surface area contributed by atoms with Gasteiger partial charge in [0.1, 0.15) is 0 Å². The first kappa shape index (κ1) is 39.9. The van der Waals surface area contributed by atoms with Gasteiger partial charge in [0.25, 0.3) is 0 Å². The van der Waals surface area contributed by atoms with Crippen molar-refractivity contribution in [2.45, 2.75) is 92.9 Å². The largest absolute Gasteiger partial charge is 0.273 e. The molecule has 6 rings (SSSR count). The SMILES string of the molecule is Cc1[c-]c2c(cc1C(C)(C)C)-c1cc(C(C)(C)C)c(C)cc1C2.Cc1ccc([C](=[Hf+2])c2ccc(C)cc2)cc1.Cl.Cl.[C-]1=CC=CC1. The number of hydrogen-bond donors (Lipinski definition) is 0. The first-order valence-corrected chi connectivity index (χ1v) is 17.6. The van der Waals surface area contributed by atoms with E-state index in [1.165, 1.54) is 70.0 Å². The van der Waals surface area contributed by atoms with Crippen LogP contribution >= 0.6 is 24.8 Å². The zero-order valence-corrected chi connectivity index (χ0v) is 34.5. The number of allylic oxidation sites excluding steroid dienone is 4. The van der Waals surface area contributed by atoms with Gasteiger partial charge in [-0.25, -0.2) is 12.2 Å². The van der Waals surface area contributed by atoms with Gasteiger partial charge in [-0.2, -0.15) is 23.8 Å². The average Bonchev–Trinajstić information content (AvgIpc) is 3.63. The molecule has 0 spiro atoms. The summed E-state index contributed by atoms with van der Waals surface area (Å²) < 4.78 is 1.47. The molecule has 0 saturated carbocycles. The number of benzene rings is 4. The standard InChI is InChI=1S/C23H29.C15H14.C5H5.2ClH.Hf/c1-14-9-16-11-17-10-15(2)21(23(6,7)8)13-19(17)18(16)12-20(14)22(3,4)5;1-12-3-7-14(8-4-12)11-15-9-5-13(2)6-10-15;1-2-4-5-3-1;;;/h9,12-13H,11H2,1-8H3;3-10H,1-2H3;1-3H,4H2;2*1H;/q-1;;-1;;;+2. The minimum Gasteiger partial charge on any atom is -0.273 e. The third kappa shape index (κ3) is 10.1. The van der Waals surface area contributed by atoms with Crippen LogP contribution in [0, 0.1) is 39.8 Å². The Hall–Kier alpha value is -2.32. The quantitative estimate of drug-likeness (QED) is 0.123. The summed E-state index contributed by atoms with van der Waals surface area (Å²) >= 11 is 1.08. The van der Waals surface area contributed by atoms with Gasteiger partial charge < -0.3 is 0 Å². The summed E-state index contributed by atoms with van der Waals surface area (Å²) in [6.07, 6.45) is 11.0. The molecule has 0 aliphatic heterocycles. The molecule has 0 unspecified atom stereocenters. The van der Waals surface area contributed by atoms with Crippen molar-refractivity contribution in [1.82, 2.24) is 0 Å². The first-order chi connectivity index (χ1) is 20.6. The summed E-state index contributed by atoms with van der Waals surface area (Å²) in [4.78, 5) is 0. The Morgan fingerprint density at radius 1 is 0.674 bits per heavy atom. The predicted octanol–water partition coefficient (Wildman–Crippen LogP) is 11.8. The maximum absolute atomic E-state index is 3.69. The normalized spacial score (nSPS) is 12.4. The van der Waals surface area contributed by atoms with E-state index >= 15 is 0 Å². The molecule has 0 N–H and O–H groups in total. The molecule has 4 aromatic rings. The van der Waals surface area contributed by atoms with Crippen molar-refractivity contribution >= 4 is 28.1 Å².